The normalized spacial score (nSPS) is 15.6. The zero-order valence-electron chi connectivity index (χ0n) is 10.6. The quantitative estimate of drug-likeness (QED) is 0.777. The molecule has 0 radical (unpaired) electrons. The molecule has 0 bridgehead atoms. The van der Waals surface area contributed by atoms with Crippen LogP contribution in [0.3, 0.4) is 0 Å². The van der Waals surface area contributed by atoms with Crippen molar-refractivity contribution in [2.45, 2.75) is 25.3 Å². The Bertz CT molecular complexity index is 404. The van der Waals surface area contributed by atoms with E-state index in [2.05, 4.69) is 4.98 Å². The minimum atomic E-state index is 0.226. The maximum absolute atomic E-state index is 12.0. The first-order valence-corrected chi connectivity index (χ1v) is 7.56. The summed E-state index contributed by atoms with van der Waals surface area (Å²) in [6.45, 7) is 3.01. The molecular formula is C12H18ClN3OS. The molecule has 1 aliphatic heterocycles. The molecule has 100 valence electrons. The predicted octanol–water partition coefficient (Wildman–Crippen LogP) is 1.94. The van der Waals surface area contributed by atoms with Crippen molar-refractivity contribution in [2.75, 3.05) is 26.7 Å². The molecule has 0 spiro atoms. The third kappa shape index (κ3) is 3.67. The van der Waals surface area contributed by atoms with Crippen LogP contribution in [0.15, 0.2) is 5.38 Å². The van der Waals surface area contributed by atoms with E-state index in [4.69, 9.17) is 11.6 Å². The number of carbonyl (C=O) groups excluding carboxylic acids is 1. The van der Waals surface area contributed by atoms with Crippen LogP contribution in [0, 0.1) is 0 Å². The molecule has 0 aliphatic carbocycles. The number of rotatable bonds is 5. The van der Waals surface area contributed by atoms with Crippen LogP contribution < -0.4 is 0 Å². The molecule has 4 nitrogen and oxygen atoms in total. The van der Waals surface area contributed by atoms with Gasteiger partial charge in [0, 0.05) is 18.5 Å². The summed E-state index contributed by atoms with van der Waals surface area (Å²) < 4.78 is 0. The lowest BCUT2D eigenvalue weighted by atomic mass is 10.4. The van der Waals surface area contributed by atoms with E-state index in [9.17, 15) is 4.79 Å². The summed E-state index contributed by atoms with van der Waals surface area (Å²) in [7, 11) is 1.95. The van der Waals surface area contributed by atoms with Crippen molar-refractivity contribution in [3.8, 4) is 0 Å². The highest BCUT2D eigenvalue weighted by atomic mass is 35.5. The number of hydrogen-bond acceptors (Lipinski definition) is 4. The van der Waals surface area contributed by atoms with Gasteiger partial charge in [-0.25, -0.2) is 4.98 Å². The lowest BCUT2D eigenvalue weighted by molar-refractivity contribution is -0.131. The van der Waals surface area contributed by atoms with Crippen molar-refractivity contribution in [2.24, 2.45) is 0 Å². The average Bonchev–Trinajstić information content (AvgIpc) is 2.98. The molecule has 0 N–H and O–H groups in total. The minimum absolute atomic E-state index is 0.226. The van der Waals surface area contributed by atoms with Crippen molar-refractivity contribution in [3.63, 3.8) is 0 Å². The Labute approximate surface area is 117 Å². The topological polar surface area (TPSA) is 36.4 Å². The number of aromatic nitrogens is 1. The number of thiazole rings is 1. The second-order valence-corrected chi connectivity index (χ2v) is 5.84. The fraction of sp³-hybridized carbons (Fsp3) is 0.667. The second kappa shape index (κ2) is 6.50. The first-order chi connectivity index (χ1) is 8.69. The molecule has 1 aromatic heterocycles. The maximum atomic E-state index is 12.0. The highest BCUT2D eigenvalue weighted by Gasteiger charge is 2.19. The highest BCUT2D eigenvalue weighted by Crippen LogP contribution is 2.14. The summed E-state index contributed by atoms with van der Waals surface area (Å²) >= 11 is 7.32. The average molecular weight is 288 g/mol. The van der Waals surface area contributed by atoms with Crippen molar-refractivity contribution in [1.29, 1.82) is 0 Å². The van der Waals surface area contributed by atoms with Gasteiger partial charge in [-0.15, -0.1) is 22.9 Å². The third-order valence-electron chi connectivity index (χ3n) is 3.01. The van der Waals surface area contributed by atoms with Crippen LogP contribution in [-0.2, 0) is 17.2 Å². The Morgan fingerprint density at radius 1 is 1.56 bits per heavy atom. The van der Waals surface area contributed by atoms with Gasteiger partial charge >= 0.3 is 0 Å². The number of likely N-dealkylation sites (tertiary alicyclic amines) is 1. The number of likely N-dealkylation sites (N-methyl/N-ethyl adjacent to an activating group) is 1. The summed E-state index contributed by atoms with van der Waals surface area (Å²) in [4.78, 5) is 20.3. The van der Waals surface area contributed by atoms with Gasteiger partial charge in [0.05, 0.1) is 24.7 Å². The maximum Gasteiger partial charge on any atom is 0.236 e. The van der Waals surface area contributed by atoms with E-state index in [1.807, 2.05) is 22.2 Å². The summed E-state index contributed by atoms with van der Waals surface area (Å²) in [6.07, 6.45) is 2.28. The lowest BCUT2D eigenvalue weighted by Crippen LogP contribution is -2.36. The van der Waals surface area contributed by atoms with Crippen LogP contribution in [0.5, 0.6) is 0 Å². The Balaban J connectivity index is 1.80. The highest BCUT2D eigenvalue weighted by molar-refractivity contribution is 7.09. The molecule has 2 rings (SSSR count). The summed E-state index contributed by atoms with van der Waals surface area (Å²) in [5.74, 6) is 0.677. The number of amides is 1. The Kier molecular flexibility index (Phi) is 4.97. The zero-order chi connectivity index (χ0) is 13.0. The first-order valence-electron chi connectivity index (χ1n) is 6.14. The van der Waals surface area contributed by atoms with E-state index in [-0.39, 0.29) is 5.91 Å². The van der Waals surface area contributed by atoms with Crippen LogP contribution in [-0.4, -0.2) is 47.4 Å². The van der Waals surface area contributed by atoms with Crippen LogP contribution in [0.2, 0.25) is 0 Å². The van der Waals surface area contributed by atoms with Gasteiger partial charge in [0.1, 0.15) is 5.01 Å². The largest absolute Gasteiger partial charge is 0.342 e. The third-order valence-corrected chi connectivity index (χ3v) is 4.16. The minimum Gasteiger partial charge on any atom is -0.342 e. The number of nitrogens with zero attached hydrogens (tertiary/aromatic N) is 3. The molecule has 1 aromatic rings. The van der Waals surface area contributed by atoms with Crippen molar-refractivity contribution < 1.29 is 4.79 Å². The van der Waals surface area contributed by atoms with Gasteiger partial charge in [-0.05, 0) is 19.9 Å². The molecule has 1 amide bonds. The van der Waals surface area contributed by atoms with Gasteiger partial charge in [0.2, 0.25) is 5.91 Å². The summed E-state index contributed by atoms with van der Waals surface area (Å²) in [5.41, 5.74) is 0.913. The second-order valence-electron chi connectivity index (χ2n) is 4.63. The first kappa shape index (κ1) is 13.8. The number of alkyl halides is 1. The van der Waals surface area contributed by atoms with E-state index in [1.165, 1.54) is 0 Å². The van der Waals surface area contributed by atoms with Gasteiger partial charge in [0.25, 0.3) is 0 Å². The molecule has 6 heteroatoms. The molecule has 0 aromatic carbocycles. The molecule has 0 saturated carbocycles. The van der Waals surface area contributed by atoms with E-state index in [0.717, 1.165) is 36.6 Å². The molecular weight excluding hydrogens is 270 g/mol. The summed E-state index contributed by atoms with van der Waals surface area (Å²) in [6, 6.07) is 0. The van der Waals surface area contributed by atoms with E-state index in [0.29, 0.717) is 19.0 Å². The summed E-state index contributed by atoms with van der Waals surface area (Å²) in [5, 5.41) is 2.99. The van der Waals surface area contributed by atoms with Gasteiger partial charge in [-0.2, -0.15) is 0 Å². The van der Waals surface area contributed by atoms with Gasteiger partial charge in [-0.1, -0.05) is 0 Å². The molecule has 1 aliphatic rings. The Hall–Kier alpha value is -0.650. The molecule has 18 heavy (non-hydrogen) atoms. The van der Waals surface area contributed by atoms with E-state index >= 15 is 0 Å². The van der Waals surface area contributed by atoms with Crippen LogP contribution in [0.1, 0.15) is 23.5 Å². The number of carbonyl (C=O) groups is 1. The smallest absolute Gasteiger partial charge is 0.236 e. The number of halogens is 1. The fourth-order valence-corrected chi connectivity index (χ4v) is 3.17. The fourth-order valence-electron chi connectivity index (χ4n) is 2.07. The number of hydrogen-bond donors (Lipinski definition) is 0. The monoisotopic (exact) mass is 287 g/mol. The van der Waals surface area contributed by atoms with Gasteiger partial charge in [-0.3, -0.25) is 9.69 Å². The SMILES string of the molecule is CN(CC(=O)N1CCCC1)Cc1nc(CCl)cs1. The Morgan fingerprint density at radius 3 is 2.89 bits per heavy atom. The van der Waals surface area contributed by atoms with E-state index in [1.54, 1.807) is 11.3 Å². The van der Waals surface area contributed by atoms with Crippen LogP contribution in [0.4, 0.5) is 0 Å². The van der Waals surface area contributed by atoms with Crippen LogP contribution in [0.25, 0.3) is 0 Å². The molecule has 0 unspecified atom stereocenters. The standard InChI is InChI=1S/C12H18ClN3OS/c1-15(7-11-14-10(6-13)9-18-11)8-12(17)16-4-2-3-5-16/h9H,2-8H2,1H3. The van der Waals surface area contributed by atoms with Gasteiger partial charge < -0.3 is 4.90 Å². The van der Waals surface area contributed by atoms with Crippen molar-refractivity contribution in [3.05, 3.63) is 16.1 Å². The predicted molar refractivity (Wildman–Crippen MR) is 73.8 cm³/mol. The molecule has 1 saturated heterocycles. The van der Waals surface area contributed by atoms with Gasteiger partial charge in [0.15, 0.2) is 0 Å². The molecule has 2 heterocycles. The van der Waals surface area contributed by atoms with Crippen LogP contribution >= 0.6 is 22.9 Å². The molecule has 1 fully saturated rings. The van der Waals surface area contributed by atoms with E-state index < -0.39 is 0 Å². The zero-order valence-corrected chi connectivity index (χ0v) is 12.1. The molecule has 0 atom stereocenters. The van der Waals surface area contributed by atoms with Crippen molar-refractivity contribution >= 4 is 28.8 Å². The lowest BCUT2D eigenvalue weighted by Gasteiger charge is -2.20. The van der Waals surface area contributed by atoms with Crippen molar-refractivity contribution in [1.82, 2.24) is 14.8 Å². The Morgan fingerprint density at radius 2 is 2.28 bits per heavy atom.